The molecule has 0 fully saturated rings. The topological polar surface area (TPSA) is 111 Å². The van der Waals surface area contributed by atoms with Crippen molar-refractivity contribution < 1.29 is 4.92 Å². The van der Waals surface area contributed by atoms with Crippen LogP contribution in [-0.4, -0.2) is 14.7 Å². The van der Waals surface area contributed by atoms with Gasteiger partial charge in [-0.3, -0.25) is 10.1 Å². The Morgan fingerprint density at radius 1 is 1.17 bits per heavy atom. The Balaban J connectivity index is 2.20. The van der Waals surface area contributed by atoms with E-state index in [2.05, 4.69) is 5.10 Å². The summed E-state index contributed by atoms with van der Waals surface area (Å²) in [6, 6.07) is 17.1. The highest BCUT2D eigenvalue weighted by Crippen LogP contribution is 2.30. The third-order valence-corrected chi connectivity index (χ3v) is 3.36. The Hall–Kier alpha value is -3.66. The third kappa shape index (κ3) is 2.49. The number of nitrogens with two attached hydrogens (primary N) is 1. The summed E-state index contributed by atoms with van der Waals surface area (Å²) in [5, 5.41) is 24.7. The maximum absolute atomic E-state index is 10.9. The zero-order valence-corrected chi connectivity index (χ0v) is 11.9. The minimum atomic E-state index is -0.493. The predicted molar refractivity (Wildman–Crippen MR) is 84.8 cm³/mol. The Morgan fingerprint density at radius 3 is 2.57 bits per heavy atom. The molecule has 1 heterocycles. The molecule has 0 aliphatic rings. The number of nitriles is 1. The molecule has 1 aromatic heterocycles. The quantitative estimate of drug-likeness (QED) is 0.590. The summed E-state index contributed by atoms with van der Waals surface area (Å²) in [5.41, 5.74) is 7.64. The monoisotopic (exact) mass is 305 g/mol. The first-order chi connectivity index (χ1) is 11.1. The van der Waals surface area contributed by atoms with Gasteiger partial charge in [-0.2, -0.15) is 10.4 Å². The van der Waals surface area contributed by atoms with Crippen LogP contribution in [0.1, 0.15) is 5.56 Å². The van der Waals surface area contributed by atoms with Crippen molar-refractivity contribution in [3.8, 4) is 23.0 Å². The highest BCUT2D eigenvalue weighted by atomic mass is 16.6. The Morgan fingerprint density at radius 2 is 1.91 bits per heavy atom. The van der Waals surface area contributed by atoms with Crippen LogP contribution >= 0.6 is 0 Å². The van der Waals surface area contributed by atoms with E-state index in [0.29, 0.717) is 16.9 Å². The molecule has 2 aromatic carbocycles. The minimum Gasteiger partial charge on any atom is -0.382 e. The normalized spacial score (nSPS) is 10.2. The average molecular weight is 305 g/mol. The van der Waals surface area contributed by atoms with Crippen LogP contribution in [0, 0.1) is 21.4 Å². The van der Waals surface area contributed by atoms with Crippen molar-refractivity contribution in [1.29, 1.82) is 5.26 Å². The molecule has 0 aliphatic heterocycles. The van der Waals surface area contributed by atoms with E-state index in [9.17, 15) is 15.4 Å². The molecular weight excluding hydrogens is 294 g/mol. The molecule has 0 atom stereocenters. The molecule has 0 aliphatic carbocycles. The molecule has 23 heavy (non-hydrogen) atoms. The SMILES string of the molecule is N#Cc1c(-c2cccc([N+](=O)[O-])c2)nn(-c2ccccc2)c1N. The number of anilines is 1. The third-order valence-electron chi connectivity index (χ3n) is 3.36. The second-order valence-electron chi connectivity index (χ2n) is 4.78. The fourth-order valence-electron chi connectivity index (χ4n) is 2.28. The molecule has 0 saturated heterocycles. The van der Waals surface area contributed by atoms with Crippen molar-refractivity contribution in [2.45, 2.75) is 0 Å². The first kappa shape index (κ1) is 14.3. The molecule has 2 N–H and O–H groups in total. The largest absolute Gasteiger partial charge is 0.382 e. The van der Waals surface area contributed by atoms with Crippen molar-refractivity contribution in [2.75, 3.05) is 5.73 Å². The zero-order chi connectivity index (χ0) is 16.4. The van der Waals surface area contributed by atoms with Crippen molar-refractivity contribution in [1.82, 2.24) is 9.78 Å². The van der Waals surface area contributed by atoms with E-state index >= 15 is 0 Å². The van der Waals surface area contributed by atoms with Crippen molar-refractivity contribution in [3.05, 3.63) is 70.3 Å². The van der Waals surface area contributed by atoms with E-state index in [1.165, 1.54) is 16.8 Å². The summed E-state index contributed by atoms with van der Waals surface area (Å²) in [7, 11) is 0. The lowest BCUT2D eigenvalue weighted by Crippen LogP contribution is -2.01. The van der Waals surface area contributed by atoms with Gasteiger partial charge in [-0.15, -0.1) is 0 Å². The van der Waals surface area contributed by atoms with Crippen LogP contribution in [0.2, 0.25) is 0 Å². The average Bonchev–Trinajstić information content (AvgIpc) is 2.92. The lowest BCUT2D eigenvalue weighted by molar-refractivity contribution is -0.384. The first-order valence-corrected chi connectivity index (χ1v) is 6.70. The van der Waals surface area contributed by atoms with Crippen LogP contribution in [0.3, 0.4) is 0 Å². The maximum atomic E-state index is 10.9. The van der Waals surface area contributed by atoms with Crippen LogP contribution in [0.25, 0.3) is 16.9 Å². The number of rotatable bonds is 3. The Kier molecular flexibility index (Phi) is 3.49. The van der Waals surface area contributed by atoms with Crippen LogP contribution in [0.5, 0.6) is 0 Å². The number of hydrogen-bond acceptors (Lipinski definition) is 5. The summed E-state index contributed by atoms with van der Waals surface area (Å²) < 4.78 is 1.45. The molecule has 0 spiro atoms. The summed E-state index contributed by atoms with van der Waals surface area (Å²) >= 11 is 0. The molecule has 7 nitrogen and oxygen atoms in total. The van der Waals surface area contributed by atoms with Gasteiger partial charge in [-0.1, -0.05) is 30.3 Å². The van der Waals surface area contributed by atoms with E-state index in [0.717, 1.165) is 0 Å². The van der Waals surface area contributed by atoms with E-state index in [1.54, 1.807) is 12.1 Å². The van der Waals surface area contributed by atoms with Crippen LogP contribution < -0.4 is 5.73 Å². The van der Waals surface area contributed by atoms with Crippen molar-refractivity contribution in [2.24, 2.45) is 0 Å². The number of nitrogen functional groups attached to an aromatic ring is 1. The van der Waals surface area contributed by atoms with Gasteiger partial charge in [-0.05, 0) is 12.1 Å². The molecule has 0 saturated carbocycles. The smallest absolute Gasteiger partial charge is 0.270 e. The van der Waals surface area contributed by atoms with Gasteiger partial charge in [-0.25, -0.2) is 4.68 Å². The lowest BCUT2D eigenvalue weighted by Gasteiger charge is -2.02. The number of nitrogens with zero attached hydrogens (tertiary/aromatic N) is 4. The number of nitro benzene ring substituents is 1. The van der Waals surface area contributed by atoms with E-state index in [1.807, 2.05) is 36.4 Å². The van der Waals surface area contributed by atoms with Gasteiger partial charge >= 0.3 is 0 Å². The van der Waals surface area contributed by atoms with Gasteiger partial charge in [0.2, 0.25) is 0 Å². The first-order valence-electron chi connectivity index (χ1n) is 6.70. The van der Waals surface area contributed by atoms with Gasteiger partial charge in [0.25, 0.3) is 5.69 Å². The van der Waals surface area contributed by atoms with Gasteiger partial charge in [0, 0.05) is 17.7 Å². The number of para-hydroxylation sites is 1. The summed E-state index contributed by atoms with van der Waals surface area (Å²) in [5.74, 6) is 0.195. The van der Waals surface area contributed by atoms with E-state index in [-0.39, 0.29) is 17.1 Å². The zero-order valence-electron chi connectivity index (χ0n) is 11.9. The van der Waals surface area contributed by atoms with Gasteiger partial charge in [0.15, 0.2) is 0 Å². The number of benzene rings is 2. The summed E-state index contributed by atoms with van der Waals surface area (Å²) in [6.07, 6.45) is 0. The number of hydrogen-bond donors (Lipinski definition) is 1. The maximum Gasteiger partial charge on any atom is 0.270 e. The molecule has 0 amide bonds. The predicted octanol–water partition coefficient (Wildman–Crippen LogP) is 2.90. The molecule has 3 aromatic rings. The lowest BCUT2D eigenvalue weighted by atomic mass is 10.1. The second-order valence-corrected chi connectivity index (χ2v) is 4.78. The van der Waals surface area contributed by atoms with Gasteiger partial charge < -0.3 is 5.73 Å². The van der Waals surface area contributed by atoms with E-state index in [4.69, 9.17) is 5.73 Å². The summed E-state index contributed by atoms with van der Waals surface area (Å²) in [6.45, 7) is 0. The standard InChI is InChI=1S/C16H11N5O2/c17-10-14-15(11-5-4-8-13(9-11)21(22)23)19-20(16(14)18)12-6-2-1-3-7-12/h1-9H,18H2. The number of aromatic nitrogens is 2. The highest BCUT2D eigenvalue weighted by Gasteiger charge is 2.19. The van der Waals surface area contributed by atoms with E-state index < -0.39 is 4.92 Å². The molecular formula is C16H11N5O2. The molecule has 112 valence electrons. The van der Waals surface area contributed by atoms with Crippen LogP contribution in [0.15, 0.2) is 54.6 Å². The Bertz CT molecular complexity index is 925. The molecule has 0 unspecified atom stereocenters. The number of non-ortho nitro benzene ring substituents is 1. The van der Waals surface area contributed by atoms with Crippen molar-refractivity contribution >= 4 is 11.5 Å². The molecule has 3 rings (SSSR count). The van der Waals surface area contributed by atoms with Crippen LogP contribution in [-0.2, 0) is 0 Å². The van der Waals surface area contributed by atoms with Crippen LogP contribution in [0.4, 0.5) is 11.5 Å². The van der Waals surface area contributed by atoms with Gasteiger partial charge in [0.1, 0.15) is 23.1 Å². The number of nitro groups is 1. The highest BCUT2D eigenvalue weighted by molar-refractivity contribution is 5.75. The fourth-order valence-corrected chi connectivity index (χ4v) is 2.28. The molecule has 0 radical (unpaired) electrons. The Labute approximate surface area is 131 Å². The van der Waals surface area contributed by atoms with Crippen molar-refractivity contribution in [3.63, 3.8) is 0 Å². The fraction of sp³-hybridized carbons (Fsp3) is 0. The second kappa shape index (κ2) is 5.61. The molecule has 0 bridgehead atoms. The molecule has 7 heteroatoms. The minimum absolute atomic E-state index is 0.0702. The van der Waals surface area contributed by atoms with Gasteiger partial charge in [0.05, 0.1) is 10.6 Å². The summed E-state index contributed by atoms with van der Waals surface area (Å²) in [4.78, 5) is 10.4.